The van der Waals surface area contributed by atoms with Gasteiger partial charge in [0.1, 0.15) is 23.7 Å². The second-order valence-electron chi connectivity index (χ2n) is 15.5. The molecule has 2 heterocycles. The smallest absolute Gasteiger partial charge is 1.00 e. The van der Waals surface area contributed by atoms with Crippen molar-refractivity contribution in [3.05, 3.63) is 59.7 Å². The Morgan fingerprint density at radius 3 is 1.54 bits per heavy atom. The van der Waals surface area contributed by atoms with Crippen LogP contribution in [0.5, 0.6) is 11.5 Å². The molecule has 0 bridgehead atoms. The number of aliphatic hydroxyl groups excluding tert-OH is 6. The summed E-state index contributed by atoms with van der Waals surface area (Å²) in [5, 5.41) is 71.1. The van der Waals surface area contributed by atoms with Gasteiger partial charge in [0.15, 0.2) is 0 Å². The molecular weight excluding hydrogens is 858 g/mol. The third-order valence-electron chi connectivity index (χ3n) is 10.9. The fourth-order valence-corrected chi connectivity index (χ4v) is 7.43. The molecule has 7 N–H and O–H groups in total. The number of methoxy groups -OCH3 is 2. The zero-order valence-corrected chi connectivity index (χ0v) is 45.0. The van der Waals surface area contributed by atoms with E-state index in [0.717, 1.165) is 54.7 Å². The number of ether oxygens (including phenoxy) is 2. The van der Waals surface area contributed by atoms with Crippen LogP contribution in [-0.4, -0.2) is 118 Å². The molecule has 8 atom stereocenters. The van der Waals surface area contributed by atoms with Crippen LogP contribution >= 0.6 is 11.6 Å². The SMILES string of the molecule is CCCCCCCCC[C@@H]1C(O)[C@@H](O)[C@H](O)CN1Cc1ccc(OC)cc1.CCCCCCCCC[C@H]1NC[C@@H](O)[C@@H](O)C1O.COc1ccc(CCl)cc1.O=CO[O-].[H-].[K+].[K+]. The molecule has 342 valence electrons. The van der Waals surface area contributed by atoms with Crippen molar-refractivity contribution in [2.75, 3.05) is 27.3 Å². The van der Waals surface area contributed by atoms with E-state index in [1.54, 1.807) is 14.2 Å². The van der Waals surface area contributed by atoms with Crippen LogP contribution in [0, 0.1) is 0 Å². The summed E-state index contributed by atoms with van der Waals surface area (Å²) in [5.41, 5.74) is 2.22. The fourth-order valence-electron chi connectivity index (χ4n) is 7.25. The van der Waals surface area contributed by atoms with Crippen LogP contribution in [-0.2, 0) is 22.1 Å². The van der Waals surface area contributed by atoms with E-state index in [4.69, 9.17) is 31.1 Å². The number of carbonyl (C=O) groups excluding carboxylic acids is 1. The Labute approximate surface area is 457 Å². The van der Waals surface area contributed by atoms with Gasteiger partial charge in [-0.25, -0.2) is 0 Å². The predicted molar refractivity (Wildman–Crippen MR) is 231 cm³/mol. The van der Waals surface area contributed by atoms with Gasteiger partial charge >= 0.3 is 103 Å². The molecule has 0 aliphatic carbocycles. The van der Waals surface area contributed by atoms with E-state index in [0.29, 0.717) is 25.5 Å². The van der Waals surface area contributed by atoms with Crippen molar-refractivity contribution in [3.63, 3.8) is 0 Å². The van der Waals surface area contributed by atoms with Gasteiger partial charge in [-0.3, -0.25) is 9.69 Å². The molecule has 4 rings (SSSR count). The van der Waals surface area contributed by atoms with Crippen molar-refractivity contribution in [1.29, 1.82) is 0 Å². The van der Waals surface area contributed by atoms with Crippen molar-refractivity contribution in [2.45, 2.75) is 178 Å². The van der Waals surface area contributed by atoms with Crippen LogP contribution in [0.4, 0.5) is 0 Å². The van der Waals surface area contributed by atoms with E-state index in [-0.39, 0.29) is 123 Å². The Bertz CT molecular complexity index is 1280. The zero-order valence-electron chi connectivity index (χ0n) is 39.0. The molecule has 0 saturated carbocycles. The van der Waals surface area contributed by atoms with Gasteiger partial charge < -0.3 is 57.0 Å². The molecule has 2 aromatic rings. The predicted octanol–water partition coefficient (Wildman–Crippen LogP) is -0.726. The van der Waals surface area contributed by atoms with Crippen LogP contribution < -0.4 is 123 Å². The molecule has 2 aliphatic heterocycles. The summed E-state index contributed by atoms with van der Waals surface area (Å²) in [6.07, 6.45) is 13.5. The number of carbonyl (C=O) groups is 1. The molecule has 0 amide bonds. The molecule has 2 unspecified atom stereocenters. The minimum atomic E-state index is -1.06. The van der Waals surface area contributed by atoms with Gasteiger partial charge in [-0.2, -0.15) is 0 Å². The fraction of sp³-hybridized carbons (Fsp3) is 0.711. The third kappa shape index (κ3) is 27.8. The minimum absolute atomic E-state index is 0. The summed E-state index contributed by atoms with van der Waals surface area (Å²) < 4.78 is 10.2. The van der Waals surface area contributed by atoms with E-state index in [1.807, 2.05) is 48.5 Å². The summed E-state index contributed by atoms with van der Waals surface area (Å²) in [6, 6.07) is 15.4. The topological polar surface area (TPSA) is 204 Å². The molecule has 0 aromatic heterocycles. The van der Waals surface area contributed by atoms with Gasteiger partial charge in [-0.1, -0.05) is 128 Å². The number of nitrogens with zero attached hydrogens (tertiary/aromatic N) is 1. The molecule has 61 heavy (non-hydrogen) atoms. The monoisotopic (exact) mass is 934 g/mol. The van der Waals surface area contributed by atoms with Gasteiger partial charge in [0.25, 0.3) is 6.47 Å². The zero-order chi connectivity index (χ0) is 43.8. The average Bonchev–Trinajstić information content (AvgIpc) is 3.26. The molecule has 2 fully saturated rings. The van der Waals surface area contributed by atoms with Crippen molar-refractivity contribution in [3.8, 4) is 11.5 Å². The van der Waals surface area contributed by atoms with Gasteiger partial charge in [-0.15, -0.1) is 11.6 Å². The van der Waals surface area contributed by atoms with Crippen molar-refractivity contribution >= 4 is 18.1 Å². The Balaban J connectivity index is -0.000000857. The molecule has 0 spiro atoms. The number of β-amino-alcohol motifs (C(OH)–C–C–N with tert-alkyl or cyclic N) is 2. The molecule has 2 aromatic carbocycles. The Hall–Kier alpha value is 0.713. The van der Waals surface area contributed by atoms with E-state index in [1.165, 1.54) is 70.6 Å². The molecular formula is C45H77ClK2N2O11. The van der Waals surface area contributed by atoms with Crippen LogP contribution in [0.15, 0.2) is 48.5 Å². The number of halogens is 1. The van der Waals surface area contributed by atoms with Crippen molar-refractivity contribution in [2.24, 2.45) is 0 Å². The molecule has 0 radical (unpaired) electrons. The number of unbranched alkanes of at least 4 members (excludes halogenated alkanes) is 12. The average molecular weight is 936 g/mol. The maximum atomic E-state index is 10.5. The minimum Gasteiger partial charge on any atom is -1.00 e. The van der Waals surface area contributed by atoms with Crippen LogP contribution in [0.2, 0.25) is 0 Å². The van der Waals surface area contributed by atoms with Crippen molar-refractivity contribution in [1.82, 2.24) is 10.2 Å². The second-order valence-corrected chi connectivity index (χ2v) is 15.7. The Morgan fingerprint density at radius 2 is 1.10 bits per heavy atom. The van der Waals surface area contributed by atoms with Crippen LogP contribution in [0.3, 0.4) is 0 Å². The maximum Gasteiger partial charge on any atom is 1.00 e. The number of alkyl halides is 1. The number of hydrogen-bond acceptors (Lipinski definition) is 13. The first kappa shape index (κ1) is 63.8. The first-order valence-corrected chi connectivity index (χ1v) is 22.1. The van der Waals surface area contributed by atoms with Gasteiger partial charge in [0.05, 0.1) is 38.6 Å². The normalized spacial score (nSPS) is 23.1. The number of aliphatic hydroxyl groups is 6. The molecule has 2 aliphatic rings. The first-order valence-electron chi connectivity index (χ1n) is 21.6. The van der Waals surface area contributed by atoms with Gasteiger partial charge in [0.2, 0.25) is 0 Å². The number of hydrogen-bond donors (Lipinski definition) is 7. The Morgan fingerprint density at radius 1 is 0.672 bits per heavy atom. The Kier molecular flexibility index (Phi) is 42.8. The van der Waals surface area contributed by atoms with E-state index in [9.17, 15) is 30.6 Å². The number of benzene rings is 2. The summed E-state index contributed by atoms with van der Waals surface area (Å²) in [4.78, 5) is 13.4. The van der Waals surface area contributed by atoms with E-state index >= 15 is 0 Å². The quantitative estimate of drug-likeness (QED) is 0.0195. The van der Waals surface area contributed by atoms with E-state index < -0.39 is 36.6 Å². The second kappa shape index (κ2) is 40.9. The summed E-state index contributed by atoms with van der Waals surface area (Å²) in [5.74, 6) is 2.24. The number of piperidine rings is 2. The summed E-state index contributed by atoms with van der Waals surface area (Å²) in [7, 11) is 3.29. The number of rotatable bonds is 22. The van der Waals surface area contributed by atoms with Gasteiger partial charge in [0, 0.05) is 37.6 Å². The van der Waals surface area contributed by atoms with Gasteiger partial charge in [-0.05, 0) is 48.2 Å². The van der Waals surface area contributed by atoms with Crippen molar-refractivity contribution < 1.29 is 159 Å². The first-order chi connectivity index (χ1) is 28.5. The largest absolute Gasteiger partial charge is 1.00 e. The standard InChI is InChI=1S/C22H37NO4.C14H29NO3.C8H9ClO.CH2O3.2K.H/c1-3-4-5-6-7-8-9-10-19-21(25)22(26)20(24)16-23(19)15-17-11-13-18(27-2)14-12-17;1-2-3-4-5-6-7-8-9-11-13(17)14(18)12(16)10-15-11;1-10-8-4-2-7(6-9)3-5-8;2-1-4-3;;;/h11-14,19-22,24-26H,3-10,15-16H2,1-2H3;11-18H,2-10H2,1H3;2-5H,6H2,1H3;1,3H;;;/q;;;;2*+1;-1/p-1/t19-,20-,21?,22+;11-,12-,13?,14-;;;;;/m11...../s1. The summed E-state index contributed by atoms with van der Waals surface area (Å²) >= 11 is 5.58. The van der Waals surface area contributed by atoms with Crippen LogP contribution in [0.25, 0.3) is 0 Å². The number of nitrogens with one attached hydrogen (secondary N) is 1. The maximum absolute atomic E-state index is 10.5. The number of likely N-dealkylation sites (tertiary alicyclic amines) is 1. The molecule has 13 nitrogen and oxygen atoms in total. The molecule has 2 saturated heterocycles. The third-order valence-corrected chi connectivity index (χ3v) is 11.2. The molecule has 16 heteroatoms. The van der Waals surface area contributed by atoms with Crippen LogP contribution in [0.1, 0.15) is 129 Å². The van der Waals surface area contributed by atoms with E-state index in [2.05, 4.69) is 29.0 Å². The summed E-state index contributed by atoms with van der Waals surface area (Å²) in [6.45, 7) is 5.66.